The van der Waals surface area contributed by atoms with Crippen molar-refractivity contribution in [3.8, 4) is 0 Å². The number of hydrogen-bond acceptors (Lipinski definition) is 6. The molecule has 0 fully saturated rings. The van der Waals surface area contributed by atoms with Gasteiger partial charge in [-0.3, -0.25) is 0 Å². The molecule has 0 aliphatic carbocycles. The Kier molecular flexibility index (Phi) is 17.2. The molecule has 16 nitrogen and oxygen atoms in total. The predicted molar refractivity (Wildman–Crippen MR) is 259 cm³/mol. The van der Waals surface area contributed by atoms with Crippen LogP contribution in [0.15, 0.2) is 130 Å². The molecule has 0 bridgehead atoms. The predicted octanol–water partition coefficient (Wildman–Crippen LogP) is 13.5. The summed E-state index contributed by atoms with van der Waals surface area (Å²) in [6.07, 6.45) is 0. The molecule has 328 valence electrons. The summed E-state index contributed by atoms with van der Waals surface area (Å²) in [4.78, 5) is 72.2. The zero-order valence-corrected chi connectivity index (χ0v) is 38.4. The minimum Gasteiger partial charge on any atom is -0.478 e. The number of carbonyl (C=O) groups excluding carboxylic acids is 4. The standard InChI is InChI=1S/C21H16Br2N4O4.C21H14Cl4N4O4/c22-13-3-1-5-15(9-13)24-20(30)26-17-7-12(19(28)29)8-18(11-17)27-21(31)25-16-6-2-4-14(23)10-16;22-11-3-12(23)6-17(5-11)28-20(32)26-15-1-10(19(30)31)2-16(9-15)27-21(33)29-18-7-13(24)4-14(25)8-18/h1-11H,(H,28,29)(H2,24,26,30)(H2,25,27,31);1-9H,(H,30,31)(H2,26,28,32)(H2,27,29,33). The first-order valence-electron chi connectivity index (χ1n) is 17.9. The van der Waals surface area contributed by atoms with Gasteiger partial charge in [-0.2, -0.15) is 0 Å². The Morgan fingerprint density at radius 2 is 0.594 bits per heavy atom. The molecule has 64 heavy (non-hydrogen) atoms. The number of aromatic carboxylic acids is 2. The number of anilines is 8. The Morgan fingerprint density at radius 3 is 0.844 bits per heavy atom. The number of nitrogens with one attached hydrogen (secondary N) is 8. The molecule has 0 atom stereocenters. The van der Waals surface area contributed by atoms with Crippen LogP contribution in [-0.4, -0.2) is 46.3 Å². The van der Waals surface area contributed by atoms with Gasteiger partial charge >= 0.3 is 36.1 Å². The smallest absolute Gasteiger partial charge is 0.335 e. The minimum absolute atomic E-state index is 0.0991. The molecule has 0 heterocycles. The summed E-state index contributed by atoms with van der Waals surface area (Å²) in [5.41, 5.74) is 2.12. The largest absolute Gasteiger partial charge is 0.478 e. The van der Waals surface area contributed by atoms with Gasteiger partial charge in [0.25, 0.3) is 0 Å². The molecule has 0 radical (unpaired) electrons. The molecule has 0 unspecified atom stereocenters. The lowest BCUT2D eigenvalue weighted by atomic mass is 10.1. The van der Waals surface area contributed by atoms with Crippen molar-refractivity contribution in [1.82, 2.24) is 0 Å². The average molecular weight is 1080 g/mol. The van der Waals surface area contributed by atoms with Crippen molar-refractivity contribution in [2.75, 3.05) is 42.5 Å². The third kappa shape index (κ3) is 16.0. The fourth-order valence-corrected chi connectivity index (χ4v) is 7.20. The van der Waals surface area contributed by atoms with Gasteiger partial charge < -0.3 is 52.7 Å². The first-order chi connectivity index (χ1) is 30.3. The Balaban J connectivity index is 0.000000241. The number of hydrogen-bond donors (Lipinski definition) is 10. The van der Waals surface area contributed by atoms with Crippen molar-refractivity contribution in [1.29, 1.82) is 0 Å². The third-order valence-corrected chi connectivity index (χ3v) is 9.66. The zero-order valence-electron chi connectivity index (χ0n) is 32.2. The zero-order chi connectivity index (χ0) is 46.5. The normalized spacial score (nSPS) is 10.2. The highest BCUT2D eigenvalue weighted by Crippen LogP contribution is 2.26. The van der Waals surface area contributed by atoms with Gasteiger partial charge in [0.2, 0.25) is 0 Å². The summed E-state index contributed by atoms with van der Waals surface area (Å²) >= 11 is 30.3. The lowest BCUT2D eigenvalue weighted by molar-refractivity contribution is 0.0686. The summed E-state index contributed by atoms with van der Waals surface area (Å²) in [5.74, 6) is -2.46. The monoisotopic (exact) mass is 1070 g/mol. The van der Waals surface area contributed by atoms with Gasteiger partial charge in [-0.15, -0.1) is 0 Å². The van der Waals surface area contributed by atoms with Gasteiger partial charge in [-0.1, -0.05) is 90.4 Å². The molecular formula is C42H30Br2Cl4N8O8. The number of amides is 8. The van der Waals surface area contributed by atoms with E-state index in [1.54, 1.807) is 36.4 Å². The quantitative estimate of drug-likeness (QED) is 0.0631. The Bertz CT molecular complexity index is 2580. The molecule has 0 aromatic heterocycles. The number of carboxylic acids is 2. The van der Waals surface area contributed by atoms with Crippen LogP contribution in [0, 0.1) is 0 Å². The highest BCUT2D eigenvalue weighted by Gasteiger charge is 2.14. The lowest BCUT2D eigenvalue weighted by Crippen LogP contribution is -2.21. The minimum atomic E-state index is -1.26. The van der Waals surface area contributed by atoms with Crippen LogP contribution < -0.4 is 42.5 Å². The first-order valence-corrected chi connectivity index (χ1v) is 21.0. The summed E-state index contributed by atoms with van der Waals surface area (Å²) in [6, 6.07) is 28.3. The van der Waals surface area contributed by atoms with Gasteiger partial charge in [0.15, 0.2) is 0 Å². The first kappa shape index (κ1) is 48.5. The number of carbonyl (C=O) groups is 6. The van der Waals surface area contributed by atoms with Crippen molar-refractivity contribution in [2.24, 2.45) is 0 Å². The number of urea groups is 4. The Labute approximate surface area is 400 Å². The molecule has 0 saturated heterocycles. The second-order valence-electron chi connectivity index (χ2n) is 12.9. The number of rotatable bonds is 10. The van der Waals surface area contributed by atoms with Crippen molar-refractivity contribution in [3.63, 3.8) is 0 Å². The summed E-state index contributed by atoms with van der Waals surface area (Å²) in [7, 11) is 0. The van der Waals surface area contributed by atoms with Crippen LogP contribution in [0.5, 0.6) is 0 Å². The fraction of sp³-hybridized carbons (Fsp3) is 0. The molecule has 0 aliphatic rings. The molecule has 6 aromatic rings. The van der Waals surface area contributed by atoms with Gasteiger partial charge in [-0.05, 0) is 109 Å². The van der Waals surface area contributed by atoms with Crippen molar-refractivity contribution >= 4 is 160 Å². The van der Waals surface area contributed by atoms with Crippen LogP contribution in [-0.2, 0) is 0 Å². The molecule has 6 rings (SSSR count). The Morgan fingerprint density at radius 1 is 0.344 bits per heavy atom. The van der Waals surface area contributed by atoms with Crippen molar-refractivity contribution < 1.29 is 39.0 Å². The van der Waals surface area contributed by atoms with Crippen molar-refractivity contribution in [3.05, 3.63) is 161 Å². The van der Waals surface area contributed by atoms with E-state index in [4.69, 9.17) is 46.4 Å². The second-order valence-corrected chi connectivity index (χ2v) is 16.4. The van der Waals surface area contributed by atoms with Crippen LogP contribution in [0.4, 0.5) is 64.7 Å². The number of halogens is 6. The molecule has 8 amide bonds. The average Bonchev–Trinajstić information content (AvgIpc) is 3.17. The topological polar surface area (TPSA) is 239 Å². The van der Waals surface area contributed by atoms with Crippen LogP contribution >= 0.6 is 78.3 Å². The van der Waals surface area contributed by atoms with Crippen LogP contribution in [0.2, 0.25) is 20.1 Å². The highest BCUT2D eigenvalue weighted by molar-refractivity contribution is 9.10. The molecule has 22 heteroatoms. The summed E-state index contributed by atoms with van der Waals surface area (Å²) in [5, 5.41) is 40.5. The van der Waals surface area contributed by atoms with Gasteiger partial charge in [-0.25, -0.2) is 28.8 Å². The second kappa shape index (κ2) is 22.7. The van der Waals surface area contributed by atoms with Gasteiger partial charge in [0.1, 0.15) is 0 Å². The number of benzene rings is 6. The summed E-state index contributed by atoms with van der Waals surface area (Å²) < 4.78 is 1.59. The van der Waals surface area contributed by atoms with E-state index in [2.05, 4.69) is 74.4 Å². The fourth-order valence-electron chi connectivity index (χ4n) is 5.35. The van der Waals surface area contributed by atoms with Crippen molar-refractivity contribution in [2.45, 2.75) is 0 Å². The van der Waals surface area contributed by atoms with Crippen LogP contribution in [0.1, 0.15) is 20.7 Å². The van der Waals surface area contributed by atoms with E-state index in [9.17, 15) is 39.0 Å². The van der Waals surface area contributed by atoms with E-state index < -0.39 is 36.1 Å². The van der Waals surface area contributed by atoms with E-state index in [-0.39, 0.29) is 33.9 Å². The van der Waals surface area contributed by atoms with E-state index in [0.29, 0.717) is 42.8 Å². The molecule has 0 spiro atoms. The van der Waals surface area contributed by atoms with Crippen LogP contribution in [0.3, 0.4) is 0 Å². The van der Waals surface area contributed by atoms with E-state index in [1.807, 2.05) is 12.1 Å². The highest BCUT2D eigenvalue weighted by atomic mass is 79.9. The SMILES string of the molecule is O=C(Nc1cc(Cl)cc(Cl)c1)Nc1cc(NC(=O)Nc2cc(Cl)cc(Cl)c2)cc(C(=O)O)c1.O=C(Nc1cccc(Br)c1)Nc1cc(NC(=O)Nc2cccc(Br)c2)cc(C(=O)O)c1. The molecule has 0 saturated carbocycles. The van der Waals surface area contributed by atoms with E-state index >= 15 is 0 Å². The maximum atomic E-state index is 12.3. The van der Waals surface area contributed by atoms with E-state index in [1.165, 1.54) is 72.8 Å². The maximum absolute atomic E-state index is 12.3. The van der Waals surface area contributed by atoms with Gasteiger partial charge in [0.05, 0.1) is 11.1 Å². The molecule has 10 N–H and O–H groups in total. The van der Waals surface area contributed by atoms with Gasteiger partial charge in [0, 0.05) is 74.5 Å². The molecule has 6 aromatic carbocycles. The lowest BCUT2D eigenvalue weighted by Gasteiger charge is -2.12. The maximum Gasteiger partial charge on any atom is 0.335 e. The van der Waals surface area contributed by atoms with Crippen LogP contribution in [0.25, 0.3) is 0 Å². The summed E-state index contributed by atoms with van der Waals surface area (Å²) in [6.45, 7) is 0. The molecular weight excluding hydrogens is 1050 g/mol. The number of carboxylic acid groups (broad SMARTS) is 2. The third-order valence-electron chi connectivity index (χ3n) is 7.80. The van der Waals surface area contributed by atoms with E-state index in [0.717, 1.165) is 8.95 Å². The molecule has 0 aliphatic heterocycles. The Hall–Kier alpha value is -6.54.